The third kappa shape index (κ3) is 4.82. The Kier molecular flexibility index (Phi) is 6.46. The molecular weight excluding hydrogens is 471 g/mol. The molecule has 0 fully saturated rings. The standard InChI is InChI=1S/C23H15FO11/c24-35-23(30)19-8-13(27)21-15(4-2-6-17(21)34-19)32-10-11(25)9-31-14-3-1-5-16-20(14)12(26)7-18(33-16)22(28)29/h1-8,11,25H,9-10H2,(H,28,29). The Morgan fingerprint density at radius 3 is 1.83 bits per heavy atom. The SMILES string of the molecule is O=C(O)c1cc(=O)c2c(OCC(O)COc3cccc4oc(C(=O)OF)cc(=O)c34)cccc2o1. The molecule has 2 heterocycles. The summed E-state index contributed by atoms with van der Waals surface area (Å²) in [5.41, 5.74) is -1.40. The van der Waals surface area contributed by atoms with E-state index in [0.29, 0.717) is 0 Å². The van der Waals surface area contributed by atoms with E-state index in [1.165, 1.54) is 36.4 Å². The van der Waals surface area contributed by atoms with Crippen LogP contribution in [0.25, 0.3) is 21.9 Å². The zero-order chi connectivity index (χ0) is 25.1. The van der Waals surface area contributed by atoms with Gasteiger partial charge in [0, 0.05) is 16.7 Å². The van der Waals surface area contributed by atoms with Gasteiger partial charge in [0.1, 0.15) is 52.8 Å². The first kappa shape index (κ1) is 23.4. The van der Waals surface area contributed by atoms with Crippen LogP contribution in [0.1, 0.15) is 21.1 Å². The smallest absolute Gasteiger partial charge is 0.414 e. The highest BCUT2D eigenvalue weighted by molar-refractivity contribution is 5.91. The Bertz CT molecular complexity index is 1550. The van der Waals surface area contributed by atoms with E-state index in [-0.39, 0.29) is 46.7 Å². The number of aliphatic hydroxyl groups is 1. The number of aromatic carboxylic acids is 1. The molecule has 0 bridgehead atoms. The Morgan fingerprint density at radius 1 is 0.857 bits per heavy atom. The van der Waals surface area contributed by atoms with Crippen molar-refractivity contribution in [2.75, 3.05) is 13.2 Å². The zero-order valence-corrected chi connectivity index (χ0v) is 17.6. The number of hydrogen-bond donors (Lipinski definition) is 2. The van der Waals surface area contributed by atoms with E-state index >= 15 is 0 Å². The molecule has 12 heteroatoms. The molecule has 180 valence electrons. The summed E-state index contributed by atoms with van der Waals surface area (Å²) < 4.78 is 33.5. The van der Waals surface area contributed by atoms with Crippen molar-refractivity contribution in [2.24, 2.45) is 0 Å². The molecule has 11 nitrogen and oxygen atoms in total. The minimum absolute atomic E-state index is 0.000102. The summed E-state index contributed by atoms with van der Waals surface area (Å²) in [7, 11) is 0. The molecule has 2 aromatic carbocycles. The van der Waals surface area contributed by atoms with Crippen LogP contribution < -0.4 is 20.3 Å². The van der Waals surface area contributed by atoms with Crippen molar-refractivity contribution in [1.82, 2.24) is 0 Å². The van der Waals surface area contributed by atoms with Gasteiger partial charge >= 0.3 is 11.9 Å². The molecular formula is C23H15FO11. The number of halogens is 1. The Labute approximate surface area is 193 Å². The quantitative estimate of drug-likeness (QED) is 0.376. The number of carboxylic acids is 1. The van der Waals surface area contributed by atoms with Gasteiger partial charge in [0.25, 0.3) is 0 Å². The predicted octanol–water partition coefficient (Wildman–Crippen LogP) is 2.46. The van der Waals surface area contributed by atoms with Crippen LogP contribution in [-0.2, 0) is 4.94 Å². The summed E-state index contributed by atoms with van der Waals surface area (Å²) in [4.78, 5) is 50.2. The van der Waals surface area contributed by atoms with Gasteiger partial charge in [-0.25, -0.2) is 14.5 Å². The Balaban J connectivity index is 1.49. The minimum atomic E-state index is -1.47. The second kappa shape index (κ2) is 9.65. The van der Waals surface area contributed by atoms with Crippen LogP contribution in [0.5, 0.6) is 11.5 Å². The largest absolute Gasteiger partial charge is 0.490 e. The fourth-order valence-electron chi connectivity index (χ4n) is 3.26. The molecule has 1 atom stereocenters. The van der Waals surface area contributed by atoms with Crippen LogP contribution in [-0.4, -0.2) is 41.5 Å². The molecule has 0 radical (unpaired) electrons. The Morgan fingerprint density at radius 2 is 1.34 bits per heavy atom. The molecule has 35 heavy (non-hydrogen) atoms. The fourth-order valence-corrected chi connectivity index (χ4v) is 3.26. The van der Waals surface area contributed by atoms with Gasteiger partial charge in [-0.15, -0.1) is 0 Å². The normalized spacial score (nSPS) is 11.8. The zero-order valence-electron chi connectivity index (χ0n) is 17.6. The first-order chi connectivity index (χ1) is 16.8. The molecule has 4 aromatic rings. The molecule has 2 aromatic heterocycles. The number of hydrogen-bond acceptors (Lipinski definition) is 10. The number of carbonyl (C=O) groups excluding carboxylic acids is 1. The molecule has 0 saturated heterocycles. The van der Waals surface area contributed by atoms with Gasteiger partial charge in [-0.2, -0.15) is 0 Å². The minimum Gasteiger partial charge on any atom is -0.490 e. The van der Waals surface area contributed by atoms with Crippen molar-refractivity contribution in [2.45, 2.75) is 6.10 Å². The summed E-state index contributed by atoms with van der Waals surface area (Å²) in [6.07, 6.45) is -1.22. The molecule has 0 aliphatic rings. The van der Waals surface area contributed by atoms with Gasteiger partial charge in [-0.05, 0) is 24.3 Å². The summed E-state index contributed by atoms with van der Waals surface area (Å²) in [6.45, 7) is -0.666. The third-order valence-corrected chi connectivity index (χ3v) is 4.78. The highest BCUT2D eigenvalue weighted by atomic mass is 19.3. The van der Waals surface area contributed by atoms with E-state index < -0.39 is 40.4 Å². The van der Waals surface area contributed by atoms with E-state index in [1.54, 1.807) is 0 Å². The number of ether oxygens (including phenoxy) is 2. The van der Waals surface area contributed by atoms with E-state index in [0.717, 1.165) is 12.1 Å². The van der Waals surface area contributed by atoms with Crippen molar-refractivity contribution < 1.29 is 47.6 Å². The molecule has 4 rings (SSSR count). The summed E-state index contributed by atoms with van der Waals surface area (Å²) in [6, 6.07) is 10.1. The van der Waals surface area contributed by atoms with Crippen LogP contribution >= 0.6 is 0 Å². The number of benzene rings is 2. The van der Waals surface area contributed by atoms with Crippen LogP contribution in [0.3, 0.4) is 0 Å². The molecule has 1 unspecified atom stereocenters. The summed E-state index contributed by atoms with van der Waals surface area (Å²) >= 11 is 0. The van der Waals surface area contributed by atoms with Gasteiger partial charge in [0.2, 0.25) is 11.5 Å². The number of carboxylic acid groups (broad SMARTS) is 1. The average Bonchev–Trinajstić information content (AvgIpc) is 2.85. The van der Waals surface area contributed by atoms with Gasteiger partial charge in [-0.3, -0.25) is 9.59 Å². The van der Waals surface area contributed by atoms with Crippen molar-refractivity contribution in [3.05, 3.63) is 80.5 Å². The lowest BCUT2D eigenvalue weighted by Gasteiger charge is -2.15. The van der Waals surface area contributed by atoms with E-state index in [1.807, 2.05) is 0 Å². The van der Waals surface area contributed by atoms with Crippen molar-refractivity contribution in [3.63, 3.8) is 0 Å². The van der Waals surface area contributed by atoms with Crippen molar-refractivity contribution >= 4 is 33.9 Å². The van der Waals surface area contributed by atoms with Crippen molar-refractivity contribution in [1.29, 1.82) is 0 Å². The topological polar surface area (TPSA) is 163 Å². The fraction of sp³-hybridized carbons (Fsp3) is 0.130. The van der Waals surface area contributed by atoms with Gasteiger partial charge < -0.3 is 28.5 Å². The summed E-state index contributed by atoms with van der Waals surface area (Å²) in [5, 5.41) is 19.3. The highest BCUT2D eigenvalue weighted by Gasteiger charge is 2.18. The maximum Gasteiger partial charge on any atom is 0.414 e. The van der Waals surface area contributed by atoms with E-state index in [2.05, 4.69) is 4.94 Å². The lowest BCUT2D eigenvalue weighted by molar-refractivity contribution is -0.0811. The van der Waals surface area contributed by atoms with E-state index in [4.69, 9.17) is 23.4 Å². The lowest BCUT2D eigenvalue weighted by Crippen LogP contribution is -2.25. The first-order valence-corrected chi connectivity index (χ1v) is 9.92. The molecule has 2 N–H and O–H groups in total. The molecule has 0 aliphatic heterocycles. The van der Waals surface area contributed by atoms with Gasteiger partial charge in [0.05, 0.1) is 0 Å². The summed E-state index contributed by atoms with van der Waals surface area (Å²) in [5.74, 6) is -3.94. The Hall–Kier alpha value is -4.71. The van der Waals surface area contributed by atoms with Crippen LogP contribution in [0, 0.1) is 0 Å². The second-order valence-electron chi connectivity index (χ2n) is 7.15. The lowest BCUT2D eigenvalue weighted by atomic mass is 10.2. The second-order valence-corrected chi connectivity index (χ2v) is 7.15. The number of aliphatic hydroxyl groups excluding tert-OH is 1. The maximum absolute atomic E-state index is 12.4. The van der Waals surface area contributed by atoms with Crippen LogP contribution in [0.2, 0.25) is 0 Å². The number of rotatable bonds is 8. The van der Waals surface area contributed by atoms with Crippen molar-refractivity contribution in [3.8, 4) is 11.5 Å². The molecule has 0 saturated carbocycles. The van der Waals surface area contributed by atoms with Gasteiger partial charge in [0.15, 0.2) is 10.9 Å². The maximum atomic E-state index is 12.4. The molecule has 0 spiro atoms. The highest BCUT2D eigenvalue weighted by Crippen LogP contribution is 2.25. The van der Waals surface area contributed by atoms with Crippen LogP contribution in [0.15, 0.2) is 67.0 Å². The van der Waals surface area contributed by atoms with Crippen LogP contribution in [0.4, 0.5) is 4.53 Å². The average molecular weight is 486 g/mol. The van der Waals surface area contributed by atoms with Gasteiger partial charge in [-0.1, -0.05) is 12.1 Å². The number of carbonyl (C=O) groups is 2. The first-order valence-electron chi connectivity index (χ1n) is 9.92. The predicted molar refractivity (Wildman–Crippen MR) is 115 cm³/mol. The third-order valence-electron chi connectivity index (χ3n) is 4.78. The van der Waals surface area contributed by atoms with E-state index in [9.17, 15) is 28.8 Å². The molecule has 0 amide bonds. The number of fused-ring (bicyclic) bond motifs is 2. The molecule has 0 aliphatic carbocycles. The monoisotopic (exact) mass is 486 g/mol.